The standard InChI is InChI=1S/C15H16FNO3/c1-19-14-7-10(9-18)5-6-13(14)20-15-11(8-17)3-2-4-12(15)16/h2-7,18H,8-9,17H2,1H3. The summed E-state index contributed by atoms with van der Waals surface area (Å²) in [6, 6.07) is 9.53. The number of aliphatic hydroxyl groups excluding tert-OH is 1. The van der Waals surface area contributed by atoms with Crippen LogP contribution in [0.1, 0.15) is 11.1 Å². The second-order valence-electron chi connectivity index (χ2n) is 4.18. The van der Waals surface area contributed by atoms with Gasteiger partial charge in [0.15, 0.2) is 23.1 Å². The zero-order chi connectivity index (χ0) is 14.5. The Labute approximate surface area is 116 Å². The SMILES string of the molecule is COc1cc(CO)ccc1Oc1c(F)cccc1CN. The predicted octanol–water partition coefficient (Wildman–Crippen LogP) is 2.58. The molecule has 0 aliphatic rings. The molecule has 20 heavy (non-hydrogen) atoms. The summed E-state index contributed by atoms with van der Waals surface area (Å²) in [5, 5.41) is 9.09. The molecule has 0 aliphatic heterocycles. The van der Waals surface area contributed by atoms with Crippen molar-refractivity contribution in [2.24, 2.45) is 5.73 Å². The number of para-hydroxylation sites is 1. The average molecular weight is 277 g/mol. The lowest BCUT2D eigenvalue weighted by atomic mass is 10.2. The lowest BCUT2D eigenvalue weighted by Crippen LogP contribution is -2.02. The van der Waals surface area contributed by atoms with Crippen LogP contribution in [0.2, 0.25) is 0 Å². The van der Waals surface area contributed by atoms with Crippen molar-refractivity contribution in [3.8, 4) is 17.2 Å². The molecule has 0 heterocycles. The number of hydrogen-bond donors (Lipinski definition) is 2. The van der Waals surface area contributed by atoms with E-state index in [1.54, 1.807) is 30.3 Å². The van der Waals surface area contributed by atoms with Crippen molar-refractivity contribution in [2.45, 2.75) is 13.2 Å². The molecule has 0 radical (unpaired) electrons. The summed E-state index contributed by atoms with van der Waals surface area (Å²) in [4.78, 5) is 0. The van der Waals surface area contributed by atoms with Crippen molar-refractivity contribution in [1.82, 2.24) is 0 Å². The van der Waals surface area contributed by atoms with E-state index in [1.165, 1.54) is 13.2 Å². The first kappa shape index (κ1) is 14.3. The van der Waals surface area contributed by atoms with Gasteiger partial charge in [0.1, 0.15) is 0 Å². The summed E-state index contributed by atoms with van der Waals surface area (Å²) in [6.45, 7) is 0.0640. The van der Waals surface area contributed by atoms with Crippen LogP contribution in [0.3, 0.4) is 0 Å². The number of aliphatic hydroxyl groups is 1. The third-order valence-corrected chi connectivity index (χ3v) is 2.89. The van der Waals surface area contributed by atoms with Crippen LogP contribution in [-0.4, -0.2) is 12.2 Å². The van der Waals surface area contributed by atoms with E-state index < -0.39 is 5.82 Å². The van der Waals surface area contributed by atoms with Crippen LogP contribution in [0, 0.1) is 5.82 Å². The largest absolute Gasteiger partial charge is 0.493 e. The molecule has 0 unspecified atom stereocenters. The van der Waals surface area contributed by atoms with E-state index in [2.05, 4.69) is 0 Å². The Morgan fingerprint density at radius 1 is 1.20 bits per heavy atom. The second-order valence-corrected chi connectivity index (χ2v) is 4.18. The van der Waals surface area contributed by atoms with Gasteiger partial charge in [0, 0.05) is 12.1 Å². The highest BCUT2D eigenvalue weighted by molar-refractivity contribution is 5.47. The van der Waals surface area contributed by atoms with E-state index in [4.69, 9.17) is 20.3 Å². The number of ether oxygens (including phenoxy) is 2. The molecule has 0 atom stereocenters. The quantitative estimate of drug-likeness (QED) is 0.881. The van der Waals surface area contributed by atoms with Crippen LogP contribution in [0.5, 0.6) is 17.2 Å². The highest BCUT2D eigenvalue weighted by Crippen LogP contribution is 2.35. The van der Waals surface area contributed by atoms with Gasteiger partial charge in [-0.25, -0.2) is 4.39 Å². The number of hydrogen-bond acceptors (Lipinski definition) is 4. The zero-order valence-electron chi connectivity index (χ0n) is 11.1. The maximum Gasteiger partial charge on any atom is 0.169 e. The highest BCUT2D eigenvalue weighted by atomic mass is 19.1. The average Bonchev–Trinajstić information content (AvgIpc) is 2.49. The van der Waals surface area contributed by atoms with Gasteiger partial charge in [-0.3, -0.25) is 0 Å². The third-order valence-electron chi connectivity index (χ3n) is 2.89. The van der Waals surface area contributed by atoms with Gasteiger partial charge in [-0.2, -0.15) is 0 Å². The molecule has 0 saturated heterocycles. The lowest BCUT2D eigenvalue weighted by molar-refractivity contribution is 0.280. The molecule has 2 rings (SSSR count). The lowest BCUT2D eigenvalue weighted by Gasteiger charge is -2.14. The van der Waals surface area contributed by atoms with Gasteiger partial charge in [-0.1, -0.05) is 18.2 Å². The van der Waals surface area contributed by atoms with Gasteiger partial charge >= 0.3 is 0 Å². The highest BCUT2D eigenvalue weighted by Gasteiger charge is 2.13. The van der Waals surface area contributed by atoms with E-state index in [0.717, 1.165) is 0 Å². The monoisotopic (exact) mass is 277 g/mol. The van der Waals surface area contributed by atoms with Crippen LogP contribution in [0.15, 0.2) is 36.4 Å². The Balaban J connectivity index is 2.39. The molecular formula is C15H16FNO3. The van der Waals surface area contributed by atoms with Crippen LogP contribution in [-0.2, 0) is 13.2 Å². The Hall–Kier alpha value is -2.11. The minimum Gasteiger partial charge on any atom is -0.493 e. The smallest absolute Gasteiger partial charge is 0.169 e. The Bertz CT molecular complexity index is 602. The molecule has 4 nitrogen and oxygen atoms in total. The summed E-state index contributed by atoms with van der Waals surface area (Å²) in [5.41, 5.74) is 6.83. The fourth-order valence-electron chi connectivity index (χ4n) is 1.83. The Morgan fingerprint density at radius 3 is 2.65 bits per heavy atom. The minimum absolute atomic E-state index is 0.0880. The van der Waals surface area contributed by atoms with Crippen molar-refractivity contribution in [3.05, 3.63) is 53.3 Å². The molecule has 0 aromatic heterocycles. The van der Waals surface area contributed by atoms with Crippen LogP contribution < -0.4 is 15.2 Å². The van der Waals surface area contributed by atoms with E-state index in [1.807, 2.05) is 0 Å². The van der Waals surface area contributed by atoms with E-state index >= 15 is 0 Å². The van der Waals surface area contributed by atoms with Crippen molar-refractivity contribution >= 4 is 0 Å². The fraction of sp³-hybridized carbons (Fsp3) is 0.200. The third kappa shape index (κ3) is 2.89. The molecule has 5 heteroatoms. The van der Waals surface area contributed by atoms with E-state index in [-0.39, 0.29) is 18.9 Å². The summed E-state index contributed by atoms with van der Waals surface area (Å²) >= 11 is 0. The topological polar surface area (TPSA) is 64.7 Å². The summed E-state index contributed by atoms with van der Waals surface area (Å²) in [5.74, 6) is 0.388. The minimum atomic E-state index is -0.485. The van der Waals surface area contributed by atoms with Crippen molar-refractivity contribution < 1.29 is 19.0 Å². The van der Waals surface area contributed by atoms with E-state index in [0.29, 0.717) is 22.6 Å². The Kier molecular flexibility index (Phi) is 4.55. The molecule has 0 aliphatic carbocycles. The molecule has 2 aromatic rings. The molecular weight excluding hydrogens is 261 g/mol. The fourth-order valence-corrected chi connectivity index (χ4v) is 1.83. The first-order valence-electron chi connectivity index (χ1n) is 6.12. The maximum atomic E-state index is 13.8. The molecule has 2 aromatic carbocycles. The number of methoxy groups -OCH3 is 1. The van der Waals surface area contributed by atoms with Crippen molar-refractivity contribution in [2.75, 3.05) is 7.11 Å². The number of benzene rings is 2. The van der Waals surface area contributed by atoms with Crippen molar-refractivity contribution in [3.63, 3.8) is 0 Å². The molecule has 0 bridgehead atoms. The predicted molar refractivity (Wildman–Crippen MR) is 73.3 cm³/mol. The summed E-state index contributed by atoms with van der Waals surface area (Å²) in [7, 11) is 1.48. The zero-order valence-corrected chi connectivity index (χ0v) is 11.1. The molecule has 0 spiro atoms. The van der Waals surface area contributed by atoms with Crippen LogP contribution in [0.25, 0.3) is 0 Å². The van der Waals surface area contributed by atoms with Gasteiger partial charge in [-0.05, 0) is 23.8 Å². The molecule has 0 fully saturated rings. The van der Waals surface area contributed by atoms with Crippen LogP contribution >= 0.6 is 0 Å². The van der Waals surface area contributed by atoms with Gasteiger partial charge in [-0.15, -0.1) is 0 Å². The number of rotatable bonds is 5. The maximum absolute atomic E-state index is 13.8. The van der Waals surface area contributed by atoms with Gasteiger partial charge in [0.2, 0.25) is 0 Å². The first-order valence-corrected chi connectivity index (χ1v) is 6.12. The normalized spacial score (nSPS) is 10.4. The number of nitrogens with two attached hydrogens (primary N) is 1. The molecule has 106 valence electrons. The first-order chi connectivity index (χ1) is 9.69. The van der Waals surface area contributed by atoms with Crippen molar-refractivity contribution in [1.29, 1.82) is 0 Å². The second kappa shape index (κ2) is 6.36. The van der Waals surface area contributed by atoms with E-state index in [9.17, 15) is 4.39 Å². The van der Waals surface area contributed by atoms with Gasteiger partial charge < -0.3 is 20.3 Å². The molecule has 3 N–H and O–H groups in total. The summed E-state index contributed by atoms with van der Waals surface area (Å²) in [6.07, 6.45) is 0. The molecule has 0 amide bonds. The van der Waals surface area contributed by atoms with Gasteiger partial charge in [0.25, 0.3) is 0 Å². The van der Waals surface area contributed by atoms with Gasteiger partial charge in [0.05, 0.1) is 13.7 Å². The number of halogens is 1. The summed E-state index contributed by atoms with van der Waals surface area (Å²) < 4.78 is 24.6. The molecule has 0 saturated carbocycles. The Morgan fingerprint density at radius 2 is 2.00 bits per heavy atom. The van der Waals surface area contributed by atoms with Crippen LogP contribution in [0.4, 0.5) is 4.39 Å².